The third-order valence-corrected chi connectivity index (χ3v) is 12.7. The lowest BCUT2D eigenvalue weighted by Crippen LogP contribution is -2.63. The molecule has 31 heavy (non-hydrogen) atoms. The van der Waals surface area contributed by atoms with Crippen LogP contribution in [0.5, 0.6) is 0 Å². The Hall–Kier alpha value is -0.300. The molecule has 1 N–H and O–H groups in total. The highest BCUT2D eigenvalue weighted by Crippen LogP contribution is 2.74. The van der Waals surface area contributed by atoms with Gasteiger partial charge in [-0.2, -0.15) is 0 Å². The lowest BCUT2D eigenvalue weighted by molar-refractivity contribution is -0.184. The first-order valence-electron chi connectivity index (χ1n) is 13.6. The van der Waals surface area contributed by atoms with Crippen LogP contribution in [0.15, 0.2) is 11.6 Å². The summed E-state index contributed by atoms with van der Waals surface area (Å²) in [6.07, 6.45) is 15.8. The maximum atomic E-state index is 10.9. The van der Waals surface area contributed by atoms with E-state index >= 15 is 0 Å². The maximum absolute atomic E-state index is 10.9. The maximum Gasteiger partial charge on any atom is 0.0594 e. The Morgan fingerprint density at radius 1 is 0.710 bits per heavy atom. The molecule has 5 rings (SSSR count). The molecule has 4 fully saturated rings. The Labute approximate surface area is 192 Å². The van der Waals surface area contributed by atoms with Crippen molar-refractivity contribution in [2.45, 2.75) is 126 Å². The van der Waals surface area contributed by atoms with Crippen LogP contribution >= 0.6 is 0 Å². The van der Waals surface area contributed by atoms with Crippen LogP contribution in [0.25, 0.3) is 0 Å². The van der Waals surface area contributed by atoms with Crippen LogP contribution in [0.3, 0.4) is 0 Å². The van der Waals surface area contributed by atoms with Gasteiger partial charge < -0.3 is 5.11 Å². The average Bonchev–Trinajstić information content (AvgIpc) is 2.66. The second-order valence-electron chi connectivity index (χ2n) is 15.3. The van der Waals surface area contributed by atoms with Gasteiger partial charge in [-0.3, -0.25) is 0 Å². The fraction of sp³-hybridized carbons (Fsp3) is 0.933. The Morgan fingerprint density at radius 3 is 2.00 bits per heavy atom. The van der Waals surface area contributed by atoms with Gasteiger partial charge >= 0.3 is 0 Å². The van der Waals surface area contributed by atoms with Crippen molar-refractivity contribution in [1.82, 2.24) is 0 Å². The Bertz CT molecular complexity index is 790. The van der Waals surface area contributed by atoms with Gasteiger partial charge in [-0.25, -0.2) is 0 Å². The standard InChI is InChI=1S/C30H50O/c1-25(2)17-18-27(5)13-9-21-29(7)14-10-20-26(3,4)24(31)12-16-28(20,6)22(29)11-15-30(21,8)23(27)19-25/h9,20,22-24,31H,10-19H2,1-8H3/t20-,22-,23+,24+,27+,28+,29+,30+/m1/s1. The molecule has 0 saturated heterocycles. The van der Waals surface area contributed by atoms with Crippen LogP contribution in [-0.2, 0) is 0 Å². The fourth-order valence-electron chi connectivity index (χ4n) is 10.8. The number of hydrogen-bond acceptors (Lipinski definition) is 1. The summed E-state index contributed by atoms with van der Waals surface area (Å²) in [4.78, 5) is 0. The zero-order valence-corrected chi connectivity index (χ0v) is 21.9. The van der Waals surface area contributed by atoms with Crippen LogP contribution in [-0.4, -0.2) is 11.2 Å². The van der Waals surface area contributed by atoms with Gasteiger partial charge in [-0.05, 0) is 114 Å². The van der Waals surface area contributed by atoms with E-state index in [-0.39, 0.29) is 11.5 Å². The Morgan fingerprint density at radius 2 is 1.32 bits per heavy atom. The number of aliphatic hydroxyl groups is 1. The van der Waals surface area contributed by atoms with Gasteiger partial charge in [0.15, 0.2) is 0 Å². The molecule has 0 aromatic carbocycles. The van der Waals surface area contributed by atoms with Crippen molar-refractivity contribution in [1.29, 1.82) is 0 Å². The lowest BCUT2D eigenvalue weighted by Gasteiger charge is -2.70. The molecule has 0 aromatic rings. The van der Waals surface area contributed by atoms with E-state index in [1.165, 1.54) is 57.8 Å². The first-order valence-corrected chi connectivity index (χ1v) is 13.6. The van der Waals surface area contributed by atoms with Crippen LogP contribution in [0.4, 0.5) is 0 Å². The molecular formula is C30H50O. The molecular weight excluding hydrogens is 376 g/mol. The summed E-state index contributed by atoms with van der Waals surface area (Å²) in [5.74, 6) is 2.29. The third-order valence-electron chi connectivity index (χ3n) is 12.7. The minimum atomic E-state index is -0.122. The van der Waals surface area contributed by atoms with Gasteiger partial charge in [0, 0.05) is 0 Å². The molecule has 0 bridgehead atoms. The van der Waals surface area contributed by atoms with Crippen molar-refractivity contribution in [2.75, 3.05) is 0 Å². The number of allylic oxidation sites excluding steroid dienone is 2. The fourth-order valence-corrected chi connectivity index (χ4v) is 10.8. The van der Waals surface area contributed by atoms with Gasteiger partial charge in [0.1, 0.15) is 0 Å². The minimum absolute atomic E-state index is 0.0575. The van der Waals surface area contributed by atoms with E-state index in [1.54, 1.807) is 0 Å². The van der Waals surface area contributed by atoms with Gasteiger partial charge in [0.05, 0.1) is 6.10 Å². The monoisotopic (exact) mass is 426 g/mol. The van der Waals surface area contributed by atoms with E-state index in [0.29, 0.717) is 33.0 Å². The van der Waals surface area contributed by atoms with Crippen LogP contribution in [0.1, 0.15) is 120 Å². The van der Waals surface area contributed by atoms with Crippen LogP contribution < -0.4 is 0 Å². The van der Waals surface area contributed by atoms with Gasteiger partial charge in [-0.1, -0.05) is 67.0 Å². The summed E-state index contributed by atoms with van der Waals surface area (Å²) in [6.45, 7) is 20.4. The minimum Gasteiger partial charge on any atom is -0.393 e. The molecule has 0 aliphatic heterocycles. The van der Waals surface area contributed by atoms with Crippen LogP contribution in [0, 0.1) is 50.2 Å². The van der Waals surface area contributed by atoms with E-state index in [2.05, 4.69) is 61.5 Å². The largest absolute Gasteiger partial charge is 0.393 e. The summed E-state index contributed by atoms with van der Waals surface area (Å²) in [5.41, 5.74) is 4.07. The number of rotatable bonds is 0. The normalized spacial score (nSPS) is 55.2. The molecule has 0 spiro atoms. The quantitative estimate of drug-likeness (QED) is 0.387. The van der Waals surface area contributed by atoms with Crippen molar-refractivity contribution in [3.63, 3.8) is 0 Å². The van der Waals surface area contributed by atoms with Gasteiger partial charge in [0.25, 0.3) is 0 Å². The molecule has 176 valence electrons. The summed E-state index contributed by atoms with van der Waals surface area (Å²) in [5, 5.41) is 10.9. The van der Waals surface area contributed by atoms with Crippen molar-refractivity contribution < 1.29 is 5.11 Å². The van der Waals surface area contributed by atoms with Crippen molar-refractivity contribution >= 4 is 0 Å². The average molecular weight is 427 g/mol. The second kappa shape index (κ2) is 6.43. The molecule has 0 radical (unpaired) electrons. The smallest absolute Gasteiger partial charge is 0.0594 e. The zero-order chi connectivity index (χ0) is 22.7. The van der Waals surface area contributed by atoms with Crippen LogP contribution in [0.2, 0.25) is 0 Å². The molecule has 8 atom stereocenters. The van der Waals surface area contributed by atoms with E-state index < -0.39 is 0 Å². The Balaban J connectivity index is 1.56. The molecule has 0 heterocycles. The summed E-state index contributed by atoms with van der Waals surface area (Å²) in [6, 6.07) is 0. The third kappa shape index (κ3) is 2.83. The SMILES string of the molecule is CC1(C)CC[C@]2(C)CC=C3[C@]4(C)CC[C@@H]5C(C)(C)[C@@H](O)CC[C@]5(C)[C@H]4CC[C@]3(C)[C@H]2C1. The predicted octanol–water partition coefficient (Wildman–Crippen LogP) is 8.17. The Kier molecular flexibility index (Phi) is 4.66. The highest BCUT2D eigenvalue weighted by molar-refractivity contribution is 5.34. The lowest BCUT2D eigenvalue weighted by atomic mass is 9.35. The van der Waals surface area contributed by atoms with Crippen molar-refractivity contribution in [2.24, 2.45) is 50.2 Å². The zero-order valence-electron chi connectivity index (χ0n) is 21.9. The molecule has 1 nitrogen and oxygen atoms in total. The first kappa shape index (κ1) is 22.5. The number of hydrogen-bond donors (Lipinski definition) is 1. The molecule has 5 aliphatic carbocycles. The summed E-state index contributed by atoms with van der Waals surface area (Å²) >= 11 is 0. The van der Waals surface area contributed by atoms with Gasteiger partial charge in [-0.15, -0.1) is 0 Å². The molecule has 0 aromatic heterocycles. The summed E-state index contributed by atoms with van der Waals surface area (Å²) in [7, 11) is 0. The molecule has 0 amide bonds. The first-order chi connectivity index (χ1) is 14.2. The van der Waals surface area contributed by atoms with Crippen molar-refractivity contribution in [3.8, 4) is 0 Å². The van der Waals surface area contributed by atoms with Crippen molar-refractivity contribution in [3.05, 3.63) is 11.6 Å². The number of aliphatic hydroxyl groups excluding tert-OH is 1. The molecule has 4 saturated carbocycles. The van der Waals surface area contributed by atoms with E-state index in [9.17, 15) is 5.11 Å². The van der Waals surface area contributed by atoms with Gasteiger partial charge in [0.2, 0.25) is 0 Å². The molecule has 5 aliphatic rings. The molecule has 0 unspecified atom stereocenters. The predicted molar refractivity (Wildman–Crippen MR) is 131 cm³/mol. The highest BCUT2D eigenvalue weighted by Gasteiger charge is 2.66. The van der Waals surface area contributed by atoms with E-state index in [0.717, 1.165) is 18.3 Å². The number of fused-ring (bicyclic) bond motifs is 7. The van der Waals surface area contributed by atoms with E-state index in [4.69, 9.17) is 0 Å². The summed E-state index contributed by atoms with van der Waals surface area (Å²) < 4.78 is 0. The van der Waals surface area contributed by atoms with E-state index in [1.807, 2.05) is 5.57 Å². The highest BCUT2D eigenvalue weighted by atomic mass is 16.3. The molecule has 1 heteroatoms. The topological polar surface area (TPSA) is 20.2 Å². The second-order valence-corrected chi connectivity index (χ2v) is 15.3.